The molecule has 0 aliphatic carbocycles. The number of fused-ring (bicyclic) bond motifs is 1. The highest BCUT2D eigenvalue weighted by atomic mass is 35.5. The first-order valence-corrected chi connectivity index (χ1v) is 13.7. The van der Waals surface area contributed by atoms with Gasteiger partial charge in [0.25, 0.3) is 0 Å². The van der Waals surface area contributed by atoms with Gasteiger partial charge in [-0.1, -0.05) is 76.0 Å². The number of nitrogens with zero attached hydrogens (tertiary/aromatic N) is 3. The molecule has 0 aliphatic rings. The van der Waals surface area contributed by atoms with E-state index in [0.717, 1.165) is 70.6 Å². The van der Waals surface area contributed by atoms with Gasteiger partial charge in [0.1, 0.15) is 17.7 Å². The van der Waals surface area contributed by atoms with Crippen LogP contribution in [0, 0.1) is 18.3 Å². The quantitative estimate of drug-likeness (QED) is 0.210. The van der Waals surface area contributed by atoms with E-state index in [9.17, 15) is 5.26 Å². The summed E-state index contributed by atoms with van der Waals surface area (Å²) in [5.74, 6) is 2.11. The van der Waals surface area contributed by atoms with E-state index < -0.39 is 0 Å². The van der Waals surface area contributed by atoms with Gasteiger partial charge >= 0.3 is 0 Å². The lowest BCUT2D eigenvalue weighted by Gasteiger charge is -2.27. The van der Waals surface area contributed by atoms with E-state index in [4.69, 9.17) is 16.3 Å². The fourth-order valence-corrected chi connectivity index (χ4v) is 4.85. The standard InChI is InChI=1S/C32H35ClN4O/c1-6-8-15-35-31-27-18-23(11-14-29(27)36-21(3)37-31)22-9-12-25(13-10-22)32(4,5)26-17-24(20-34)30(28(33)19-26)38-16-7-2/h9-14,17-19H,6-8,15-16H2,1-5H3,(H,35,36,37). The van der Waals surface area contributed by atoms with Crippen molar-refractivity contribution < 1.29 is 4.74 Å². The number of aromatic nitrogens is 2. The Kier molecular flexibility index (Phi) is 8.54. The number of unbranched alkanes of at least 4 members (excludes halogenated alkanes) is 1. The fraction of sp³-hybridized carbons (Fsp3) is 0.344. The first kappa shape index (κ1) is 27.4. The molecule has 1 heterocycles. The summed E-state index contributed by atoms with van der Waals surface area (Å²) in [5, 5.41) is 14.7. The molecule has 4 aromatic rings. The molecule has 0 aliphatic heterocycles. The zero-order valence-electron chi connectivity index (χ0n) is 22.9. The van der Waals surface area contributed by atoms with Gasteiger partial charge in [0.05, 0.1) is 22.7 Å². The largest absolute Gasteiger partial charge is 0.491 e. The normalized spacial score (nSPS) is 11.4. The minimum Gasteiger partial charge on any atom is -0.491 e. The topological polar surface area (TPSA) is 70.8 Å². The van der Waals surface area contributed by atoms with Crippen molar-refractivity contribution in [3.63, 3.8) is 0 Å². The molecular weight excluding hydrogens is 492 g/mol. The number of ether oxygens (including phenoxy) is 1. The van der Waals surface area contributed by atoms with Crippen LogP contribution in [0.2, 0.25) is 5.02 Å². The van der Waals surface area contributed by atoms with Crippen LogP contribution in [0.3, 0.4) is 0 Å². The molecule has 0 fully saturated rings. The lowest BCUT2D eigenvalue weighted by atomic mass is 9.77. The Hall–Kier alpha value is -3.62. The van der Waals surface area contributed by atoms with E-state index in [1.165, 1.54) is 0 Å². The molecule has 1 N–H and O–H groups in total. The van der Waals surface area contributed by atoms with Crippen molar-refractivity contribution in [2.75, 3.05) is 18.5 Å². The van der Waals surface area contributed by atoms with Gasteiger partial charge in [-0.05, 0) is 66.3 Å². The molecular formula is C32H35ClN4O. The molecule has 0 spiro atoms. The number of hydrogen-bond acceptors (Lipinski definition) is 5. The Morgan fingerprint density at radius 3 is 2.37 bits per heavy atom. The van der Waals surface area contributed by atoms with Gasteiger partial charge in [0, 0.05) is 17.3 Å². The van der Waals surface area contributed by atoms with Gasteiger partial charge in [0.15, 0.2) is 5.75 Å². The second-order valence-corrected chi connectivity index (χ2v) is 10.5. The third-order valence-electron chi connectivity index (χ3n) is 6.91. The van der Waals surface area contributed by atoms with Crippen molar-refractivity contribution in [2.24, 2.45) is 0 Å². The number of nitrogens with one attached hydrogen (secondary N) is 1. The molecule has 0 atom stereocenters. The number of rotatable bonds is 10. The van der Waals surface area contributed by atoms with Crippen LogP contribution < -0.4 is 10.1 Å². The van der Waals surface area contributed by atoms with Crippen LogP contribution in [-0.2, 0) is 5.41 Å². The van der Waals surface area contributed by atoms with Gasteiger partial charge in [-0.15, -0.1) is 0 Å². The molecule has 5 nitrogen and oxygen atoms in total. The predicted molar refractivity (Wildman–Crippen MR) is 157 cm³/mol. The Balaban J connectivity index is 1.66. The molecule has 4 rings (SSSR count). The molecule has 0 amide bonds. The van der Waals surface area contributed by atoms with Crippen LogP contribution in [-0.4, -0.2) is 23.1 Å². The van der Waals surface area contributed by atoms with Crippen molar-refractivity contribution in [1.29, 1.82) is 5.26 Å². The Morgan fingerprint density at radius 2 is 1.68 bits per heavy atom. The second kappa shape index (κ2) is 11.8. The smallest absolute Gasteiger partial charge is 0.155 e. The summed E-state index contributed by atoms with van der Waals surface area (Å²) in [7, 11) is 0. The van der Waals surface area contributed by atoms with Gasteiger partial charge in [-0.3, -0.25) is 0 Å². The van der Waals surface area contributed by atoms with Crippen molar-refractivity contribution >= 4 is 28.3 Å². The molecule has 196 valence electrons. The van der Waals surface area contributed by atoms with Gasteiger partial charge in [-0.25, -0.2) is 9.97 Å². The van der Waals surface area contributed by atoms with Crippen molar-refractivity contribution in [3.05, 3.63) is 82.1 Å². The number of nitriles is 1. The molecule has 0 bridgehead atoms. The number of anilines is 1. The summed E-state index contributed by atoms with van der Waals surface area (Å²) in [6.45, 7) is 11.8. The van der Waals surface area contributed by atoms with Crippen LogP contribution in [0.4, 0.5) is 5.82 Å². The molecule has 0 saturated heterocycles. The molecule has 38 heavy (non-hydrogen) atoms. The SMILES string of the molecule is CCCCNc1nc(C)nc2ccc(-c3ccc(C(C)(C)c4cc(Cl)c(OCCC)c(C#N)c4)cc3)cc12. The fourth-order valence-electron chi connectivity index (χ4n) is 4.58. The molecule has 0 unspecified atom stereocenters. The summed E-state index contributed by atoms with van der Waals surface area (Å²) < 4.78 is 5.75. The number of hydrogen-bond donors (Lipinski definition) is 1. The van der Waals surface area contributed by atoms with Crippen molar-refractivity contribution in [1.82, 2.24) is 9.97 Å². The summed E-state index contributed by atoms with van der Waals surface area (Å²) in [6, 6.07) is 21.0. The molecule has 0 saturated carbocycles. The Labute approximate surface area is 230 Å². The maximum absolute atomic E-state index is 9.73. The first-order chi connectivity index (χ1) is 18.3. The van der Waals surface area contributed by atoms with Crippen LogP contribution in [0.25, 0.3) is 22.0 Å². The van der Waals surface area contributed by atoms with Crippen LogP contribution in [0.15, 0.2) is 54.6 Å². The maximum Gasteiger partial charge on any atom is 0.155 e. The van der Waals surface area contributed by atoms with Crippen molar-refractivity contribution in [2.45, 2.75) is 59.3 Å². The van der Waals surface area contributed by atoms with E-state index in [-0.39, 0.29) is 5.41 Å². The molecule has 6 heteroatoms. The van der Waals surface area contributed by atoms with E-state index in [0.29, 0.717) is 22.9 Å². The lowest BCUT2D eigenvalue weighted by molar-refractivity contribution is 0.316. The van der Waals surface area contributed by atoms with E-state index >= 15 is 0 Å². The monoisotopic (exact) mass is 526 g/mol. The van der Waals surface area contributed by atoms with Gasteiger partial charge in [0.2, 0.25) is 0 Å². The van der Waals surface area contributed by atoms with Crippen LogP contribution in [0.5, 0.6) is 5.75 Å². The lowest BCUT2D eigenvalue weighted by Crippen LogP contribution is -2.19. The third kappa shape index (κ3) is 5.76. The predicted octanol–water partition coefficient (Wildman–Crippen LogP) is 8.46. The van der Waals surface area contributed by atoms with Crippen LogP contribution >= 0.6 is 11.6 Å². The summed E-state index contributed by atoms with van der Waals surface area (Å²) in [4.78, 5) is 9.30. The highest BCUT2D eigenvalue weighted by Crippen LogP contribution is 2.39. The summed E-state index contributed by atoms with van der Waals surface area (Å²) in [5.41, 5.74) is 5.37. The Morgan fingerprint density at radius 1 is 0.947 bits per heavy atom. The van der Waals surface area contributed by atoms with Crippen molar-refractivity contribution in [3.8, 4) is 22.9 Å². The average molecular weight is 527 g/mol. The Bertz CT molecular complexity index is 1470. The van der Waals surface area contributed by atoms with E-state index in [2.05, 4.69) is 84.6 Å². The molecule has 3 aromatic carbocycles. The molecule has 0 radical (unpaired) electrons. The van der Waals surface area contributed by atoms with Gasteiger partial charge in [-0.2, -0.15) is 5.26 Å². The maximum atomic E-state index is 9.73. The number of benzene rings is 3. The average Bonchev–Trinajstić information content (AvgIpc) is 2.91. The minimum atomic E-state index is -0.359. The first-order valence-electron chi connectivity index (χ1n) is 13.3. The summed E-state index contributed by atoms with van der Waals surface area (Å²) >= 11 is 6.57. The second-order valence-electron chi connectivity index (χ2n) is 10.1. The highest BCUT2D eigenvalue weighted by molar-refractivity contribution is 6.32. The zero-order chi connectivity index (χ0) is 27.3. The highest BCUT2D eigenvalue weighted by Gasteiger charge is 2.26. The number of halogens is 1. The van der Waals surface area contributed by atoms with Crippen LogP contribution in [0.1, 0.15) is 69.5 Å². The van der Waals surface area contributed by atoms with E-state index in [1.807, 2.05) is 26.0 Å². The third-order valence-corrected chi connectivity index (χ3v) is 7.19. The van der Waals surface area contributed by atoms with E-state index in [1.54, 1.807) is 0 Å². The zero-order valence-corrected chi connectivity index (χ0v) is 23.6. The summed E-state index contributed by atoms with van der Waals surface area (Å²) in [6.07, 6.45) is 3.07. The molecule has 1 aromatic heterocycles. The number of aryl methyl sites for hydroxylation is 1. The van der Waals surface area contributed by atoms with Gasteiger partial charge < -0.3 is 10.1 Å². The minimum absolute atomic E-state index is 0.359.